The van der Waals surface area contributed by atoms with Crippen molar-refractivity contribution in [3.8, 4) is 5.69 Å². The summed E-state index contributed by atoms with van der Waals surface area (Å²) in [4.78, 5) is 34.6. The van der Waals surface area contributed by atoms with Gasteiger partial charge in [0.2, 0.25) is 11.8 Å². The standard InChI is InChI=1S/C19H15ClN4O4S/c20-13-4-5-14(15(10-13)23-7-1-2-8-23)22-18(25)11-29-17-6-3-12(19(21)26)9-16(17)24(27)28/h1-10H,11H2,(H2,21,26)(H,22,25). The molecule has 0 aliphatic rings. The van der Waals surface area contributed by atoms with Gasteiger partial charge < -0.3 is 15.6 Å². The quantitative estimate of drug-likeness (QED) is 0.335. The first kappa shape index (κ1) is 20.4. The van der Waals surface area contributed by atoms with Crippen molar-refractivity contribution >= 4 is 46.6 Å². The van der Waals surface area contributed by atoms with Crippen molar-refractivity contribution < 1.29 is 14.5 Å². The van der Waals surface area contributed by atoms with E-state index < -0.39 is 10.8 Å². The summed E-state index contributed by atoms with van der Waals surface area (Å²) in [6, 6.07) is 12.6. The molecule has 2 aromatic carbocycles. The summed E-state index contributed by atoms with van der Waals surface area (Å²) < 4.78 is 1.81. The first-order chi connectivity index (χ1) is 13.8. The molecular weight excluding hydrogens is 416 g/mol. The van der Waals surface area contributed by atoms with Gasteiger partial charge in [-0.15, -0.1) is 11.8 Å². The molecule has 3 rings (SSSR count). The number of halogens is 1. The highest BCUT2D eigenvalue weighted by molar-refractivity contribution is 8.00. The first-order valence-corrected chi connectivity index (χ1v) is 9.65. The molecule has 2 amide bonds. The summed E-state index contributed by atoms with van der Waals surface area (Å²) in [5, 5.41) is 14.6. The minimum absolute atomic E-state index is 0.0306. The number of amides is 2. The number of nitrogens with one attached hydrogen (secondary N) is 1. The number of primary amides is 1. The summed E-state index contributed by atoms with van der Waals surface area (Å²) in [6.45, 7) is 0. The van der Waals surface area contributed by atoms with Gasteiger partial charge in [0.25, 0.3) is 5.69 Å². The van der Waals surface area contributed by atoms with E-state index >= 15 is 0 Å². The zero-order valence-electron chi connectivity index (χ0n) is 14.9. The predicted octanol–water partition coefficient (Wildman–Crippen LogP) is 3.87. The fourth-order valence-electron chi connectivity index (χ4n) is 2.58. The molecule has 0 bridgehead atoms. The Morgan fingerprint density at radius 3 is 2.55 bits per heavy atom. The molecule has 0 radical (unpaired) electrons. The smallest absolute Gasteiger partial charge is 0.283 e. The lowest BCUT2D eigenvalue weighted by atomic mass is 10.2. The fraction of sp³-hybridized carbons (Fsp3) is 0.0526. The predicted molar refractivity (Wildman–Crippen MR) is 112 cm³/mol. The Hall–Kier alpha value is -3.30. The highest BCUT2D eigenvalue weighted by Gasteiger charge is 2.18. The van der Waals surface area contributed by atoms with Crippen LogP contribution in [0, 0.1) is 10.1 Å². The number of benzene rings is 2. The van der Waals surface area contributed by atoms with E-state index in [0.29, 0.717) is 16.4 Å². The third-order valence-corrected chi connectivity index (χ3v) is 5.21. The van der Waals surface area contributed by atoms with E-state index in [2.05, 4.69) is 5.32 Å². The molecule has 0 aliphatic heterocycles. The highest BCUT2D eigenvalue weighted by atomic mass is 35.5. The van der Waals surface area contributed by atoms with Crippen LogP contribution in [0.3, 0.4) is 0 Å². The van der Waals surface area contributed by atoms with Crippen LogP contribution in [0.2, 0.25) is 5.02 Å². The van der Waals surface area contributed by atoms with Crippen LogP contribution >= 0.6 is 23.4 Å². The second kappa shape index (κ2) is 8.80. The topological polar surface area (TPSA) is 120 Å². The number of nitro groups is 1. The summed E-state index contributed by atoms with van der Waals surface area (Å²) >= 11 is 7.06. The molecule has 1 heterocycles. The van der Waals surface area contributed by atoms with Crippen molar-refractivity contribution in [3.63, 3.8) is 0 Å². The van der Waals surface area contributed by atoms with Crippen LogP contribution in [0.1, 0.15) is 10.4 Å². The lowest BCUT2D eigenvalue weighted by Crippen LogP contribution is -2.16. The van der Waals surface area contributed by atoms with Gasteiger partial charge in [0.05, 0.1) is 26.9 Å². The Morgan fingerprint density at radius 1 is 1.17 bits per heavy atom. The number of aromatic nitrogens is 1. The third kappa shape index (κ3) is 4.95. The fourth-order valence-corrected chi connectivity index (χ4v) is 3.55. The Labute approximate surface area is 174 Å². The van der Waals surface area contributed by atoms with Gasteiger partial charge in [-0.3, -0.25) is 19.7 Å². The molecule has 1 aromatic heterocycles. The van der Waals surface area contributed by atoms with Gasteiger partial charge in [0.1, 0.15) is 0 Å². The molecule has 0 unspecified atom stereocenters. The largest absolute Gasteiger partial charge is 0.366 e. The van der Waals surface area contributed by atoms with Crippen molar-refractivity contribution in [2.75, 3.05) is 11.1 Å². The molecule has 0 fully saturated rings. The van der Waals surface area contributed by atoms with Crippen LogP contribution in [-0.2, 0) is 4.79 Å². The van der Waals surface area contributed by atoms with Crippen molar-refractivity contribution in [3.05, 3.63) is 81.6 Å². The maximum atomic E-state index is 12.4. The van der Waals surface area contributed by atoms with Gasteiger partial charge in [-0.25, -0.2) is 0 Å². The minimum Gasteiger partial charge on any atom is -0.366 e. The zero-order valence-corrected chi connectivity index (χ0v) is 16.4. The van der Waals surface area contributed by atoms with Crippen LogP contribution in [0.15, 0.2) is 65.8 Å². The molecule has 0 aliphatic carbocycles. The lowest BCUT2D eigenvalue weighted by Gasteiger charge is -2.12. The normalized spacial score (nSPS) is 10.5. The van der Waals surface area contributed by atoms with E-state index in [4.69, 9.17) is 17.3 Å². The van der Waals surface area contributed by atoms with Crippen LogP contribution in [0.25, 0.3) is 5.69 Å². The van der Waals surface area contributed by atoms with Crippen LogP contribution < -0.4 is 11.1 Å². The lowest BCUT2D eigenvalue weighted by molar-refractivity contribution is -0.387. The van der Waals surface area contributed by atoms with Gasteiger partial charge in [0.15, 0.2) is 0 Å². The van der Waals surface area contributed by atoms with E-state index in [0.717, 1.165) is 17.8 Å². The molecule has 29 heavy (non-hydrogen) atoms. The second-order valence-corrected chi connectivity index (χ2v) is 7.35. The van der Waals surface area contributed by atoms with Gasteiger partial charge in [-0.2, -0.15) is 0 Å². The zero-order chi connectivity index (χ0) is 21.0. The summed E-state index contributed by atoms with van der Waals surface area (Å²) in [5.74, 6) is -1.17. The molecule has 0 saturated heterocycles. The van der Waals surface area contributed by atoms with Crippen molar-refractivity contribution in [2.24, 2.45) is 5.73 Å². The Kier molecular flexibility index (Phi) is 6.20. The van der Waals surface area contributed by atoms with E-state index in [1.807, 2.05) is 29.1 Å². The molecule has 148 valence electrons. The summed E-state index contributed by atoms with van der Waals surface area (Å²) in [5.41, 5.74) is 6.16. The molecule has 3 N–H and O–H groups in total. The van der Waals surface area contributed by atoms with Crippen LogP contribution in [0.4, 0.5) is 11.4 Å². The number of anilines is 1. The Bertz CT molecular complexity index is 1090. The summed E-state index contributed by atoms with van der Waals surface area (Å²) in [6.07, 6.45) is 3.64. The molecule has 10 heteroatoms. The molecular formula is C19H15ClN4O4S. The number of hydrogen-bond acceptors (Lipinski definition) is 5. The van der Waals surface area contributed by atoms with E-state index in [1.165, 1.54) is 12.1 Å². The summed E-state index contributed by atoms with van der Waals surface area (Å²) in [7, 11) is 0. The third-order valence-electron chi connectivity index (χ3n) is 3.92. The van der Waals surface area contributed by atoms with Gasteiger partial charge in [-0.05, 0) is 42.5 Å². The number of carbonyl (C=O) groups is 2. The average molecular weight is 431 g/mol. The first-order valence-electron chi connectivity index (χ1n) is 8.29. The number of nitrogens with two attached hydrogens (primary N) is 1. The van der Waals surface area contributed by atoms with Crippen molar-refractivity contribution in [2.45, 2.75) is 4.90 Å². The number of hydrogen-bond donors (Lipinski definition) is 2. The number of nitro benzene ring substituents is 1. The Morgan fingerprint density at radius 2 is 1.90 bits per heavy atom. The number of rotatable bonds is 7. The van der Waals surface area contributed by atoms with Crippen molar-refractivity contribution in [1.82, 2.24) is 4.57 Å². The second-order valence-electron chi connectivity index (χ2n) is 5.89. The van der Waals surface area contributed by atoms with Crippen molar-refractivity contribution in [1.29, 1.82) is 0 Å². The number of thioether (sulfide) groups is 1. The molecule has 0 spiro atoms. The maximum Gasteiger partial charge on any atom is 0.283 e. The van der Waals surface area contributed by atoms with Crippen LogP contribution in [0.5, 0.6) is 0 Å². The molecule has 0 saturated carbocycles. The van der Waals surface area contributed by atoms with Crippen LogP contribution in [-0.4, -0.2) is 27.1 Å². The number of carbonyl (C=O) groups excluding carboxylic acids is 2. The highest BCUT2D eigenvalue weighted by Crippen LogP contribution is 2.31. The van der Waals surface area contributed by atoms with Gasteiger partial charge >= 0.3 is 0 Å². The van der Waals surface area contributed by atoms with E-state index in [9.17, 15) is 19.7 Å². The SMILES string of the molecule is NC(=O)c1ccc(SCC(=O)Nc2ccc(Cl)cc2-n2cccc2)c([N+](=O)[O-])c1. The molecule has 3 aromatic rings. The number of nitrogens with zero attached hydrogens (tertiary/aromatic N) is 2. The maximum absolute atomic E-state index is 12.4. The van der Waals surface area contributed by atoms with Gasteiger partial charge in [0, 0.05) is 29.0 Å². The Balaban J connectivity index is 1.75. The minimum atomic E-state index is -0.761. The van der Waals surface area contributed by atoms with E-state index in [1.54, 1.807) is 18.2 Å². The van der Waals surface area contributed by atoms with Gasteiger partial charge in [-0.1, -0.05) is 11.6 Å². The molecule has 8 nitrogen and oxygen atoms in total. The monoisotopic (exact) mass is 430 g/mol. The average Bonchev–Trinajstić information content (AvgIpc) is 3.22. The molecule has 0 atom stereocenters. The van der Waals surface area contributed by atoms with E-state index in [-0.39, 0.29) is 27.8 Å².